The predicted molar refractivity (Wildman–Crippen MR) is 97.6 cm³/mol. The summed E-state index contributed by atoms with van der Waals surface area (Å²) in [6.45, 7) is 3.15. The fraction of sp³-hybridized carbons (Fsp3) is 0.250. The largest absolute Gasteiger partial charge is 0.378 e. The number of nitrogens with zero attached hydrogens (tertiary/aromatic N) is 3. The summed E-state index contributed by atoms with van der Waals surface area (Å²) in [7, 11) is 0. The van der Waals surface area contributed by atoms with Crippen LogP contribution in [-0.2, 0) is 4.74 Å². The summed E-state index contributed by atoms with van der Waals surface area (Å²) in [6.07, 6.45) is 3.34. The first-order valence-electron chi connectivity index (χ1n) is 7.67. The molecule has 1 aliphatic heterocycles. The number of nitrogens with one attached hydrogen (secondary N) is 2. The Morgan fingerprint density at radius 2 is 2.24 bits per heavy atom. The van der Waals surface area contributed by atoms with Crippen LogP contribution < -0.4 is 9.62 Å². The van der Waals surface area contributed by atoms with E-state index in [0.717, 1.165) is 41.3 Å². The molecule has 0 amide bonds. The number of morpholine rings is 1. The standard InChI is InChI=1S/C16H14FN5OS2/c17-11-1-2-12(15-14(11)10(7-18)8-19-15)21-25-13-9-20-16(24-13)22-3-5-23-6-4-22/h1-2,8-9,19,21H,3-6H2. The number of rotatable bonds is 4. The molecule has 0 atom stereocenters. The molecule has 0 spiro atoms. The molecule has 25 heavy (non-hydrogen) atoms. The molecule has 4 rings (SSSR count). The first-order chi connectivity index (χ1) is 12.3. The van der Waals surface area contributed by atoms with Gasteiger partial charge in [0.15, 0.2) is 5.13 Å². The summed E-state index contributed by atoms with van der Waals surface area (Å²) in [5.41, 5.74) is 1.61. The lowest BCUT2D eigenvalue weighted by molar-refractivity contribution is 0.122. The van der Waals surface area contributed by atoms with E-state index in [4.69, 9.17) is 10.00 Å². The number of H-pyrrole nitrogens is 1. The maximum Gasteiger partial charge on any atom is 0.186 e. The van der Waals surface area contributed by atoms with Gasteiger partial charge in [0.1, 0.15) is 16.1 Å². The van der Waals surface area contributed by atoms with Gasteiger partial charge in [-0.1, -0.05) is 11.3 Å². The number of aromatic nitrogens is 2. The normalized spacial score (nSPS) is 14.6. The van der Waals surface area contributed by atoms with Crippen LogP contribution in [0.2, 0.25) is 0 Å². The first kappa shape index (κ1) is 16.2. The molecular formula is C16H14FN5OS2. The summed E-state index contributed by atoms with van der Waals surface area (Å²) < 4.78 is 23.6. The Hall–Kier alpha value is -2.28. The zero-order valence-corrected chi connectivity index (χ0v) is 14.7. The van der Waals surface area contributed by atoms with Crippen molar-refractivity contribution in [1.82, 2.24) is 9.97 Å². The Morgan fingerprint density at radius 1 is 1.40 bits per heavy atom. The van der Waals surface area contributed by atoms with E-state index in [1.165, 1.54) is 24.2 Å². The van der Waals surface area contributed by atoms with E-state index in [1.807, 2.05) is 12.3 Å². The van der Waals surface area contributed by atoms with Crippen LogP contribution >= 0.6 is 23.3 Å². The minimum Gasteiger partial charge on any atom is -0.378 e. The van der Waals surface area contributed by atoms with Crippen LogP contribution in [0, 0.1) is 17.1 Å². The highest BCUT2D eigenvalue weighted by molar-refractivity contribution is 8.02. The quantitative estimate of drug-likeness (QED) is 0.679. The third-order valence-corrected chi connectivity index (χ3v) is 5.90. The van der Waals surface area contributed by atoms with E-state index in [-0.39, 0.29) is 0 Å². The molecule has 0 bridgehead atoms. The summed E-state index contributed by atoms with van der Waals surface area (Å²) in [6, 6.07) is 5.03. The average molecular weight is 375 g/mol. The molecule has 128 valence electrons. The van der Waals surface area contributed by atoms with Crippen molar-refractivity contribution >= 4 is 45.0 Å². The average Bonchev–Trinajstić information content (AvgIpc) is 3.29. The predicted octanol–water partition coefficient (Wildman–Crippen LogP) is 3.59. The molecule has 0 saturated carbocycles. The lowest BCUT2D eigenvalue weighted by Crippen LogP contribution is -2.36. The van der Waals surface area contributed by atoms with Crippen molar-refractivity contribution in [3.8, 4) is 6.07 Å². The van der Waals surface area contributed by atoms with Crippen molar-refractivity contribution in [1.29, 1.82) is 5.26 Å². The molecule has 1 saturated heterocycles. The highest BCUT2D eigenvalue weighted by atomic mass is 32.2. The van der Waals surface area contributed by atoms with E-state index in [0.29, 0.717) is 16.5 Å². The fourth-order valence-electron chi connectivity index (χ4n) is 2.68. The van der Waals surface area contributed by atoms with Crippen LogP contribution in [0.4, 0.5) is 15.2 Å². The summed E-state index contributed by atoms with van der Waals surface area (Å²) in [5.74, 6) is -0.407. The van der Waals surface area contributed by atoms with E-state index in [9.17, 15) is 4.39 Å². The number of halogens is 1. The third kappa shape index (κ3) is 3.16. The molecule has 3 heterocycles. The van der Waals surface area contributed by atoms with E-state index in [1.54, 1.807) is 17.4 Å². The number of thiazole rings is 1. The number of benzene rings is 1. The fourth-order valence-corrected chi connectivity index (χ4v) is 4.39. The van der Waals surface area contributed by atoms with Crippen molar-refractivity contribution in [2.24, 2.45) is 0 Å². The number of hydrogen-bond donors (Lipinski definition) is 2. The van der Waals surface area contributed by atoms with Crippen LogP contribution in [0.3, 0.4) is 0 Å². The SMILES string of the molecule is N#Cc1c[nH]c2c(NSc3cnc(N4CCOCC4)s3)ccc(F)c12. The topological polar surface area (TPSA) is 77.0 Å². The monoisotopic (exact) mass is 375 g/mol. The Bertz CT molecular complexity index is 942. The molecule has 2 aromatic heterocycles. The van der Waals surface area contributed by atoms with E-state index < -0.39 is 5.82 Å². The Kier molecular flexibility index (Phi) is 4.48. The van der Waals surface area contributed by atoms with Gasteiger partial charge in [-0.15, -0.1) is 0 Å². The summed E-state index contributed by atoms with van der Waals surface area (Å²) in [5, 5.41) is 10.4. The second kappa shape index (κ2) is 6.92. The highest BCUT2D eigenvalue weighted by Crippen LogP contribution is 2.34. The Balaban J connectivity index is 1.51. The van der Waals surface area contributed by atoms with Crippen LogP contribution in [0.15, 0.2) is 28.7 Å². The number of fused-ring (bicyclic) bond motifs is 1. The van der Waals surface area contributed by atoms with Gasteiger partial charge >= 0.3 is 0 Å². The molecule has 1 fully saturated rings. The number of nitriles is 1. The second-order valence-electron chi connectivity index (χ2n) is 5.42. The van der Waals surface area contributed by atoms with Gasteiger partial charge in [0.05, 0.1) is 41.6 Å². The number of hydrogen-bond acceptors (Lipinski definition) is 7. The maximum absolute atomic E-state index is 14.0. The molecule has 1 aromatic carbocycles. The van der Waals surface area contributed by atoms with Crippen LogP contribution in [0.5, 0.6) is 0 Å². The van der Waals surface area contributed by atoms with Gasteiger partial charge in [0.25, 0.3) is 0 Å². The van der Waals surface area contributed by atoms with Crippen molar-refractivity contribution in [2.75, 3.05) is 35.9 Å². The van der Waals surface area contributed by atoms with Gasteiger partial charge < -0.3 is 19.3 Å². The second-order valence-corrected chi connectivity index (χ2v) is 7.54. The minimum absolute atomic E-state index is 0.300. The van der Waals surface area contributed by atoms with Crippen molar-refractivity contribution in [3.63, 3.8) is 0 Å². The van der Waals surface area contributed by atoms with Gasteiger partial charge in [-0.3, -0.25) is 0 Å². The lowest BCUT2D eigenvalue weighted by atomic mass is 10.1. The van der Waals surface area contributed by atoms with Gasteiger partial charge in [0, 0.05) is 19.3 Å². The van der Waals surface area contributed by atoms with Gasteiger partial charge in [-0.2, -0.15) is 5.26 Å². The van der Waals surface area contributed by atoms with Crippen LogP contribution in [-0.4, -0.2) is 36.3 Å². The molecule has 6 nitrogen and oxygen atoms in total. The molecule has 0 aliphatic carbocycles. The summed E-state index contributed by atoms with van der Waals surface area (Å²) in [4.78, 5) is 9.64. The highest BCUT2D eigenvalue weighted by Gasteiger charge is 2.16. The van der Waals surface area contributed by atoms with Gasteiger partial charge in [-0.05, 0) is 24.1 Å². The maximum atomic E-state index is 14.0. The zero-order chi connectivity index (χ0) is 17.2. The number of ether oxygens (including phenoxy) is 1. The Morgan fingerprint density at radius 3 is 3.04 bits per heavy atom. The van der Waals surface area contributed by atoms with Crippen molar-refractivity contribution in [2.45, 2.75) is 4.21 Å². The summed E-state index contributed by atoms with van der Waals surface area (Å²) >= 11 is 3.02. The Labute approximate surface area is 151 Å². The third-order valence-electron chi connectivity index (χ3n) is 3.92. The molecule has 0 radical (unpaired) electrons. The van der Waals surface area contributed by atoms with E-state index in [2.05, 4.69) is 19.6 Å². The van der Waals surface area contributed by atoms with Crippen molar-refractivity contribution < 1.29 is 9.13 Å². The zero-order valence-electron chi connectivity index (χ0n) is 13.1. The first-order valence-corrected chi connectivity index (χ1v) is 9.30. The number of anilines is 2. The van der Waals surface area contributed by atoms with Crippen molar-refractivity contribution in [3.05, 3.63) is 35.9 Å². The smallest absolute Gasteiger partial charge is 0.186 e. The molecule has 2 N–H and O–H groups in total. The molecule has 3 aromatic rings. The minimum atomic E-state index is -0.407. The van der Waals surface area contributed by atoms with E-state index >= 15 is 0 Å². The molecular weight excluding hydrogens is 361 g/mol. The van der Waals surface area contributed by atoms with Gasteiger partial charge in [-0.25, -0.2) is 9.37 Å². The molecule has 1 aliphatic rings. The number of aromatic amines is 1. The van der Waals surface area contributed by atoms with Crippen LogP contribution in [0.25, 0.3) is 10.9 Å². The van der Waals surface area contributed by atoms with Gasteiger partial charge in [0.2, 0.25) is 0 Å². The molecule has 9 heteroatoms. The lowest BCUT2D eigenvalue weighted by Gasteiger charge is -2.25. The van der Waals surface area contributed by atoms with Crippen LogP contribution in [0.1, 0.15) is 5.56 Å². The molecule has 0 unspecified atom stereocenters.